The molecule has 5 nitrogen and oxygen atoms in total. The van der Waals surface area contributed by atoms with Crippen molar-refractivity contribution in [2.75, 3.05) is 13.7 Å². The van der Waals surface area contributed by atoms with E-state index in [4.69, 9.17) is 4.74 Å². The molecule has 2 aliphatic carbocycles. The fourth-order valence-electron chi connectivity index (χ4n) is 3.43. The maximum Gasteiger partial charge on any atom is 0.245 e. The van der Waals surface area contributed by atoms with Crippen molar-refractivity contribution < 1.29 is 14.3 Å². The van der Waals surface area contributed by atoms with Crippen LogP contribution < -0.4 is 5.32 Å². The first-order valence-corrected chi connectivity index (χ1v) is 7.33. The van der Waals surface area contributed by atoms with Gasteiger partial charge in [0.15, 0.2) is 0 Å². The Kier molecular flexibility index (Phi) is 3.48. The van der Waals surface area contributed by atoms with E-state index in [1.54, 1.807) is 7.11 Å². The lowest BCUT2D eigenvalue weighted by atomic mass is 10.1. The zero-order valence-corrected chi connectivity index (χ0v) is 11.4. The fourth-order valence-corrected chi connectivity index (χ4v) is 3.43. The van der Waals surface area contributed by atoms with E-state index in [1.165, 1.54) is 0 Å². The van der Waals surface area contributed by atoms with E-state index >= 15 is 0 Å². The molecular weight excluding hydrogens is 244 g/mol. The van der Waals surface area contributed by atoms with Crippen LogP contribution in [0.1, 0.15) is 38.5 Å². The Labute approximate surface area is 113 Å². The minimum Gasteiger partial charge on any atom is -0.379 e. The minimum atomic E-state index is -0.284. The standard InChI is InChI=1S/C14H22N2O3/c1-19-11-4-2-3-10(11)16-8-7-12(17)15-13(14(16)18)9-5-6-9/h9-11,13H,2-8H2,1H3,(H,15,17). The Morgan fingerprint density at radius 2 is 2.00 bits per heavy atom. The summed E-state index contributed by atoms with van der Waals surface area (Å²) < 4.78 is 5.51. The van der Waals surface area contributed by atoms with Crippen LogP contribution in [0.5, 0.6) is 0 Å². The average molecular weight is 266 g/mol. The molecule has 5 heteroatoms. The highest BCUT2D eigenvalue weighted by atomic mass is 16.5. The molecule has 3 unspecified atom stereocenters. The van der Waals surface area contributed by atoms with Crippen molar-refractivity contribution in [2.24, 2.45) is 5.92 Å². The van der Waals surface area contributed by atoms with E-state index in [0.717, 1.165) is 32.1 Å². The summed E-state index contributed by atoms with van der Waals surface area (Å²) in [5, 5.41) is 2.91. The van der Waals surface area contributed by atoms with Crippen LogP contribution in [0.3, 0.4) is 0 Å². The summed E-state index contributed by atoms with van der Waals surface area (Å²) in [7, 11) is 1.72. The summed E-state index contributed by atoms with van der Waals surface area (Å²) in [6.07, 6.45) is 5.78. The molecule has 0 radical (unpaired) electrons. The number of hydrogen-bond acceptors (Lipinski definition) is 3. The first kappa shape index (κ1) is 12.9. The summed E-state index contributed by atoms with van der Waals surface area (Å²) in [4.78, 5) is 26.4. The van der Waals surface area contributed by atoms with Gasteiger partial charge < -0.3 is 15.0 Å². The molecular formula is C14H22N2O3. The third kappa shape index (κ3) is 2.48. The molecule has 3 aliphatic rings. The first-order valence-electron chi connectivity index (χ1n) is 7.33. The number of hydrogen-bond donors (Lipinski definition) is 1. The van der Waals surface area contributed by atoms with Crippen LogP contribution in [0.15, 0.2) is 0 Å². The van der Waals surface area contributed by atoms with Gasteiger partial charge >= 0.3 is 0 Å². The molecule has 0 aromatic heterocycles. The van der Waals surface area contributed by atoms with Crippen molar-refractivity contribution in [1.29, 1.82) is 0 Å². The van der Waals surface area contributed by atoms with Gasteiger partial charge in [0.2, 0.25) is 11.8 Å². The Hall–Kier alpha value is -1.10. The maximum absolute atomic E-state index is 12.7. The van der Waals surface area contributed by atoms with Crippen molar-refractivity contribution >= 4 is 11.8 Å². The number of carbonyl (C=O) groups is 2. The van der Waals surface area contributed by atoms with Crippen LogP contribution in [-0.2, 0) is 14.3 Å². The highest BCUT2D eigenvalue weighted by Crippen LogP contribution is 2.36. The molecule has 1 N–H and O–H groups in total. The topological polar surface area (TPSA) is 58.6 Å². The van der Waals surface area contributed by atoms with Crippen LogP contribution >= 0.6 is 0 Å². The van der Waals surface area contributed by atoms with Gasteiger partial charge in [-0.2, -0.15) is 0 Å². The van der Waals surface area contributed by atoms with E-state index in [9.17, 15) is 9.59 Å². The second kappa shape index (κ2) is 5.12. The summed E-state index contributed by atoms with van der Waals surface area (Å²) in [6, 6.07) is -0.125. The Morgan fingerprint density at radius 1 is 1.21 bits per heavy atom. The largest absolute Gasteiger partial charge is 0.379 e. The van der Waals surface area contributed by atoms with Gasteiger partial charge in [-0.05, 0) is 38.0 Å². The van der Waals surface area contributed by atoms with Crippen molar-refractivity contribution in [1.82, 2.24) is 10.2 Å². The molecule has 1 saturated heterocycles. The lowest BCUT2D eigenvalue weighted by molar-refractivity contribution is -0.138. The van der Waals surface area contributed by atoms with Gasteiger partial charge in [-0.15, -0.1) is 0 Å². The van der Waals surface area contributed by atoms with Crippen LogP contribution in [0.4, 0.5) is 0 Å². The molecule has 0 bridgehead atoms. The maximum atomic E-state index is 12.7. The van der Waals surface area contributed by atoms with Crippen molar-refractivity contribution in [2.45, 2.75) is 56.7 Å². The third-order valence-corrected chi connectivity index (χ3v) is 4.66. The second-order valence-corrected chi connectivity index (χ2v) is 5.94. The number of carbonyl (C=O) groups excluding carboxylic acids is 2. The van der Waals surface area contributed by atoms with Crippen molar-refractivity contribution in [3.05, 3.63) is 0 Å². The number of nitrogens with zero attached hydrogens (tertiary/aromatic N) is 1. The van der Waals surface area contributed by atoms with Gasteiger partial charge in [-0.25, -0.2) is 0 Å². The zero-order valence-electron chi connectivity index (χ0n) is 11.4. The average Bonchev–Trinajstić information content (AvgIpc) is 3.15. The molecule has 1 heterocycles. The molecule has 2 saturated carbocycles. The quantitative estimate of drug-likeness (QED) is 0.817. The predicted octanol–water partition coefficient (Wildman–Crippen LogP) is 0.681. The molecule has 0 aromatic carbocycles. The van der Waals surface area contributed by atoms with E-state index in [-0.39, 0.29) is 30.0 Å². The van der Waals surface area contributed by atoms with Gasteiger partial charge in [-0.1, -0.05) is 0 Å². The van der Waals surface area contributed by atoms with Crippen molar-refractivity contribution in [3.8, 4) is 0 Å². The second-order valence-electron chi connectivity index (χ2n) is 5.94. The van der Waals surface area contributed by atoms with E-state index < -0.39 is 0 Å². The van der Waals surface area contributed by atoms with Crippen LogP contribution in [0.25, 0.3) is 0 Å². The first-order chi connectivity index (χ1) is 9.20. The molecule has 0 spiro atoms. The smallest absolute Gasteiger partial charge is 0.245 e. The number of nitrogens with one attached hydrogen (secondary N) is 1. The molecule has 3 rings (SSSR count). The highest BCUT2D eigenvalue weighted by Gasteiger charge is 2.44. The van der Waals surface area contributed by atoms with Gasteiger partial charge in [0.05, 0.1) is 12.1 Å². The fraction of sp³-hybridized carbons (Fsp3) is 0.857. The predicted molar refractivity (Wildman–Crippen MR) is 69.4 cm³/mol. The number of ether oxygens (including phenoxy) is 1. The molecule has 3 fully saturated rings. The number of rotatable bonds is 3. The van der Waals surface area contributed by atoms with Gasteiger partial charge in [0.25, 0.3) is 0 Å². The third-order valence-electron chi connectivity index (χ3n) is 4.66. The Morgan fingerprint density at radius 3 is 2.68 bits per heavy atom. The normalized spacial score (nSPS) is 36.3. The summed E-state index contributed by atoms with van der Waals surface area (Å²) in [5.74, 6) is 0.487. The SMILES string of the molecule is COC1CCCC1N1CCC(=O)NC(C2CC2)C1=O. The lowest BCUT2D eigenvalue weighted by Gasteiger charge is -2.33. The van der Waals surface area contributed by atoms with E-state index in [2.05, 4.69) is 5.32 Å². The van der Waals surface area contributed by atoms with Crippen LogP contribution in [0.2, 0.25) is 0 Å². The Balaban J connectivity index is 1.78. The van der Waals surface area contributed by atoms with Crippen molar-refractivity contribution in [3.63, 3.8) is 0 Å². The summed E-state index contributed by atoms with van der Waals surface area (Å²) in [5.41, 5.74) is 0. The minimum absolute atomic E-state index is 0.0136. The molecule has 0 aromatic rings. The number of amides is 2. The molecule has 1 aliphatic heterocycles. The molecule has 19 heavy (non-hydrogen) atoms. The highest BCUT2D eigenvalue weighted by molar-refractivity contribution is 5.90. The van der Waals surface area contributed by atoms with Crippen LogP contribution in [-0.4, -0.2) is 48.6 Å². The molecule has 106 valence electrons. The van der Waals surface area contributed by atoms with Gasteiger partial charge in [0.1, 0.15) is 6.04 Å². The summed E-state index contributed by atoms with van der Waals surface area (Å²) >= 11 is 0. The van der Waals surface area contributed by atoms with E-state index in [1.807, 2.05) is 4.90 Å². The lowest BCUT2D eigenvalue weighted by Crippen LogP contribution is -2.51. The van der Waals surface area contributed by atoms with Crippen LogP contribution in [0, 0.1) is 5.92 Å². The molecule has 2 amide bonds. The monoisotopic (exact) mass is 266 g/mol. The van der Waals surface area contributed by atoms with Gasteiger partial charge in [-0.3, -0.25) is 9.59 Å². The zero-order chi connectivity index (χ0) is 13.4. The van der Waals surface area contributed by atoms with Gasteiger partial charge in [0, 0.05) is 20.1 Å². The van der Waals surface area contributed by atoms with E-state index in [0.29, 0.717) is 18.9 Å². The molecule has 3 atom stereocenters. The summed E-state index contributed by atoms with van der Waals surface area (Å²) in [6.45, 7) is 0.540. The number of methoxy groups -OCH3 is 1. The Bertz CT molecular complexity index is 381.